The molecule has 0 rings (SSSR count). The van der Waals surface area contributed by atoms with Crippen molar-refractivity contribution in [3.63, 3.8) is 0 Å². The predicted molar refractivity (Wildman–Crippen MR) is 75.5 cm³/mol. The van der Waals surface area contributed by atoms with Crippen LogP contribution in [0.25, 0.3) is 0 Å². The van der Waals surface area contributed by atoms with E-state index in [4.69, 9.17) is 14.9 Å². The number of carboxylic acid groups (broad SMARTS) is 1. The van der Waals surface area contributed by atoms with Crippen molar-refractivity contribution < 1.29 is 49.4 Å². The van der Waals surface area contributed by atoms with E-state index in [0.717, 1.165) is 13.8 Å². The second-order valence-corrected chi connectivity index (χ2v) is 5.04. The average Bonchev–Trinajstić information content (AvgIpc) is 2.48. The molecular formula is C13H21NO10. The van der Waals surface area contributed by atoms with E-state index in [1.165, 1.54) is 0 Å². The van der Waals surface area contributed by atoms with E-state index in [1.54, 1.807) is 0 Å². The summed E-state index contributed by atoms with van der Waals surface area (Å²) in [7, 11) is 0. The highest BCUT2D eigenvalue weighted by Crippen LogP contribution is 2.15. The topological polar surface area (TPSA) is 191 Å². The Bertz CT molecular complexity index is 479. The van der Waals surface area contributed by atoms with E-state index in [9.17, 15) is 34.5 Å². The Labute approximate surface area is 136 Å². The Hall–Kier alpha value is -2.08. The number of hydrogen-bond donors (Lipinski definition) is 6. The lowest BCUT2D eigenvalue weighted by Gasteiger charge is -2.33. The van der Waals surface area contributed by atoms with Crippen molar-refractivity contribution in [3.8, 4) is 0 Å². The minimum absolute atomic E-state index is 0.746. The van der Waals surface area contributed by atoms with E-state index < -0.39 is 67.1 Å². The van der Waals surface area contributed by atoms with Crippen molar-refractivity contribution in [2.75, 3.05) is 6.61 Å². The summed E-state index contributed by atoms with van der Waals surface area (Å²) in [6.07, 6.45) is -8.24. The van der Waals surface area contributed by atoms with Gasteiger partial charge in [0, 0.05) is 13.8 Å². The number of aliphatic hydroxyl groups is 4. The third-order valence-electron chi connectivity index (χ3n) is 3.01. The average molecular weight is 351 g/mol. The van der Waals surface area contributed by atoms with Crippen molar-refractivity contribution in [2.45, 2.75) is 50.7 Å². The van der Waals surface area contributed by atoms with Gasteiger partial charge < -0.3 is 35.6 Å². The number of rotatable bonds is 10. The molecule has 5 atom stereocenters. The smallest absolute Gasteiger partial charge is 0.372 e. The Morgan fingerprint density at radius 3 is 1.96 bits per heavy atom. The third kappa shape index (κ3) is 7.00. The van der Waals surface area contributed by atoms with Crippen LogP contribution in [-0.2, 0) is 23.9 Å². The first-order valence-electron chi connectivity index (χ1n) is 6.86. The van der Waals surface area contributed by atoms with Gasteiger partial charge >= 0.3 is 11.9 Å². The Kier molecular flexibility index (Phi) is 9.07. The van der Waals surface area contributed by atoms with Crippen molar-refractivity contribution in [1.29, 1.82) is 0 Å². The van der Waals surface area contributed by atoms with Crippen molar-refractivity contribution in [1.82, 2.24) is 5.32 Å². The van der Waals surface area contributed by atoms with Gasteiger partial charge in [0.2, 0.25) is 11.7 Å². The molecule has 0 fully saturated rings. The molecule has 0 radical (unpaired) electrons. The van der Waals surface area contributed by atoms with Crippen LogP contribution in [0.3, 0.4) is 0 Å². The van der Waals surface area contributed by atoms with Crippen LogP contribution in [0.4, 0.5) is 0 Å². The molecule has 0 bridgehead atoms. The molecule has 138 valence electrons. The summed E-state index contributed by atoms with van der Waals surface area (Å²) in [6, 6.07) is -1.61. The van der Waals surface area contributed by atoms with Crippen LogP contribution in [-0.4, -0.2) is 86.2 Å². The second kappa shape index (κ2) is 9.93. The van der Waals surface area contributed by atoms with Crippen LogP contribution in [0, 0.1) is 0 Å². The summed E-state index contributed by atoms with van der Waals surface area (Å²) in [5.74, 6) is -4.86. The van der Waals surface area contributed by atoms with Crippen LogP contribution in [0.15, 0.2) is 0 Å². The normalized spacial score (nSPS) is 17.1. The zero-order chi connectivity index (χ0) is 19.0. The lowest BCUT2D eigenvalue weighted by atomic mass is 9.93. The molecule has 0 aliphatic heterocycles. The van der Waals surface area contributed by atoms with Gasteiger partial charge in [-0.15, -0.1) is 0 Å². The van der Waals surface area contributed by atoms with E-state index in [0.29, 0.717) is 0 Å². The van der Waals surface area contributed by atoms with Crippen LogP contribution >= 0.6 is 0 Å². The minimum Gasteiger partial charge on any atom is -0.475 e. The Morgan fingerprint density at radius 1 is 1.04 bits per heavy atom. The summed E-state index contributed by atoms with van der Waals surface area (Å²) in [4.78, 5) is 44.5. The second-order valence-electron chi connectivity index (χ2n) is 5.04. The van der Waals surface area contributed by atoms with Gasteiger partial charge in [-0.3, -0.25) is 14.4 Å². The summed E-state index contributed by atoms with van der Waals surface area (Å²) < 4.78 is 4.77. The molecule has 1 amide bonds. The molecule has 6 N–H and O–H groups in total. The summed E-state index contributed by atoms with van der Waals surface area (Å²) in [5, 5.41) is 48.8. The fourth-order valence-electron chi connectivity index (χ4n) is 1.91. The highest BCUT2D eigenvalue weighted by atomic mass is 16.5. The molecule has 0 aromatic rings. The Balaban J connectivity index is 5.56. The van der Waals surface area contributed by atoms with Crippen LogP contribution in [0.2, 0.25) is 0 Å². The molecule has 0 saturated carbocycles. The van der Waals surface area contributed by atoms with Crippen molar-refractivity contribution >= 4 is 23.6 Å². The quantitative estimate of drug-likeness (QED) is 0.170. The van der Waals surface area contributed by atoms with Gasteiger partial charge in [-0.25, -0.2) is 4.79 Å². The first-order valence-corrected chi connectivity index (χ1v) is 6.86. The first kappa shape index (κ1) is 21.9. The molecular weight excluding hydrogens is 330 g/mol. The van der Waals surface area contributed by atoms with E-state index in [1.807, 2.05) is 0 Å². The minimum atomic E-state index is -1.97. The van der Waals surface area contributed by atoms with E-state index >= 15 is 0 Å². The fourth-order valence-corrected chi connectivity index (χ4v) is 1.91. The lowest BCUT2D eigenvalue weighted by molar-refractivity contribution is -0.160. The van der Waals surface area contributed by atoms with Crippen LogP contribution in [0.1, 0.15) is 20.3 Å². The molecule has 0 aromatic heterocycles. The van der Waals surface area contributed by atoms with Gasteiger partial charge in [0.05, 0.1) is 19.1 Å². The van der Waals surface area contributed by atoms with Gasteiger partial charge in [0.15, 0.2) is 0 Å². The molecule has 11 heteroatoms. The number of nitrogens with one attached hydrogen (secondary N) is 1. The van der Waals surface area contributed by atoms with Gasteiger partial charge in [-0.2, -0.15) is 0 Å². The largest absolute Gasteiger partial charge is 0.475 e. The SMILES string of the molecule is CC(=O)N[C@@H]([C@@H](O)[C@H](O)[C@H](O)CO)[C@H](CC(=O)C(=O)O)OC(C)=O. The van der Waals surface area contributed by atoms with Gasteiger partial charge in [0.1, 0.15) is 24.4 Å². The number of aliphatic hydroxyl groups excluding tert-OH is 4. The van der Waals surface area contributed by atoms with E-state index in [2.05, 4.69) is 5.32 Å². The molecule has 0 saturated heterocycles. The van der Waals surface area contributed by atoms with Crippen molar-refractivity contribution in [3.05, 3.63) is 0 Å². The third-order valence-corrected chi connectivity index (χ3v) is 3.01. The van der Waals surface area contributed by atoms with Crippen molar-refractivity contribution in [2.24, 2.45) is 0 Å². The zero-order valence-corrected chi connectivity index (χ0v) is 13.1. The lowest BCUT2D eigenvalue weighted by Crippen LogP contribution is -2.58. The molecule has 11 nitrogen and oxygen atoms in total. The van der Waals surface area contributed by atoms with E-state index in [-0.39, 0.29) is 0 Å². The molecule has 0 unspecified atom stereocenters. The number of Topliss-reactive ketones (excluding diaryl/α,β-unsaturated/α-hetero) is 1. The number of esters is 1. The number of ketones is 1. The molecule has 24 heavy (non-hydrogen) atoms. The van der Waals surface area contributed by atoms with Crippen LogP contribution in [0.5, 0.6) is 0 Å². The van der Waals surface area contributed by atoms with Gasteiger partial charge in [-0.05, 0) is 0 Å². The fraction of sp³-hybridized carbons (Fsp3) is 0.692. The number of aliphatic carboxylic acids is 1. The first-order chi connectivity index (χ1) is 11.0. The molecule has 0 spiro atoms. The maximum atomic E-state index is 11.4. The zero-order valence-electron chi connectivity index (χ0n) is 13.1. The Morgan fingerprint density at radius 2 is 1.58 bits per heavy atom. The standard InChI is InChI=1S/C13H21NO10/c1-5(16)14-10(12(21)11(20)8(19)4-15)9(24-6(2)17)3-7(18)13(22)23/h8-12,15,19-21H,3-4H2,1-2H3,(H,14,16)(H,22,23)/t8-,9+,10-,11-,12-/m1/s1. The monoisotopic (exact) mass is 351 g/mol. The highest BCUT2D eigenvalue weighted by molar-refractivity contribution is 6.32. The molecule has 0 aromatic carbocycles. The van der Waals surface area contributed by atoms with Gasteiger partial charge in [-0.1, -0.05) is 0 Å². The predicted octanol–water partition coefficient (Wildman–Crippen LogP) is -3.46. The summed E-state index contributed by atoms with van der Waals surface area (Å²) in [6.45, 7) is 1.06. The van der Waals surface area contributed by atoms with Gasteiger partial charge in [0.25, 0.3) is 0 Å². The number of ether oxygens (including phenoxy) is 1. The summed E-state index contributed by atoms with van der Waals surface area (Å²) >= 11 is 0. The molecule has 0 aliphatic carbocycles. The number of hydrogen-bond acceptors (Lipinski definition) is 9. The number of carboxylic acids is 1. The maximum Gasteiger partial charge on any atom is 0.372 e. The number of amides is 1. The maximum absolute atomic E-state index is 11.4. The number of carbonyl (C=O) groups is 4. The highest BCUT2D eigenvalue weighted by Gasteiger charge is 2.39. The number of carbonyl (C=O) groups excluding carboxylic acids is 3. The summed E-state index contributed by atoms with van der Waals surface area (Å²) in [5.41, 5.74) is 0. The molecule has 0 heterocycles. The molecule has 0 aliphatic rings. The van der Waals surface area contributed by atoms with Crippen LogP contribution < -0.4 is 5.32 Å².